The summed E-state index contributed by atoms with van der Waals surface area (Å²) in [5.74, 6) is 1.12. The minimum Gasteiger partial charge on any atom is -0.492 e. The SMILES string of the molecule is CCOc1ccccc1NC(=O)C1=C(C)Nc2nc(SCc3ccccc3F)nn2C1c1ccc(OCC(=O)N2CCOCC2)cc1. The van der Waals surface area contributed by atoms with Crippen molar-refractivity contribution in [1.29, 1.82) is 0 Å². The Labute approximate surface area is 276 Å². The number of thioether (sulfide) groups is 1. The molecule has 1 atom stereocenters. The zero-order valence-corrected chi connectivity index (χ0v) is 26.9. The lowest BCUT2D eigenvalue weighted by Gasteiger charge is -2.29. The summed E-state index contributed by atoms with van der Waals surface area (Å²) in [4.78, 5) is 33.0. The number of carbonyl (C=O) groups is 2. The topological polar surface area (TPSA) is 120 Å². The summed E-state index contributed by atoms with van der Waals surface area (Å²) in [5, 5.41) is 11.4. The smallest absolute Gasteiger partial charge is 0.260 e. The average molecular weight is 659 g/mol. The van der Waals surface area contributed by atoms with Crippen molar-refractivity contribution in [2.45, 2.75) is 30.8 Å². The van der Waals surface area contributed by atoms with Crippen molar-refractivity contribution in [3.63, 3.8) is 0 Å². The molecular weight excluding hydrogens is 623 g/mol. The molecular formula is C34H35FN6O5S. The van der Waals surface area contributed by atoms with Gasteiger partial charge in [0, 0.05) is 24.5 Å². The number of rotatable bonds is 11. The monoisotopic (exact) mass is 658 g/mol. The van der Waals surface area contributed by atoms with Gasteiger partial charge in [0.1, 0.15) is 23.4 Å². The number of carbonyl (C=O) groups excluding carboxylic acids is 2. The first-order valence-electron chi connectivity index (χ1n) is 15.3. The molecule has 3 heterocycles. The molecule has 0 aliphatic carbocycles. The van der Waals surface area contributed by atoms with Gasteiger partial charge < -0.3 is 29.7 Å². The van der Waals surface area contributed by atoms with Gasteiger partial charge in [0.15, 0.2) is 6.61 Å². The number of amides is 2. The summed E-state index contributed by atoms with van der Waals surface area (Å²) in [7, 11) is 0. The lowest BCUT2D eigenvalue weighted by molar-refractivity contribution is -0.137. The fourth-order valence-corrected chi connectivity index (χ4v) is 6.20. The number of fused-ring (bicyclic) bond motifs is 1. The Morgan fingerprint density at radius 2 is 1.79 bits per heavy atom. The van der Waals surface area contributed by atoms with Gasteiger partial charge >= 0.3 is 0 Å². The number of nitrogens with one attached hydrogen (secondary N) is 2. The van der Waals surface area contributed by atoms with Gasteiger partial charge in [0.25, 0.3) is 11.8 Å². The van der Waals surface area contributed by atoms with Crippen molar-refractivity contribution in [1.82, 2.24) is 19.7 Å². The van der Waals surface area contributed by atoms with Gasteiger partial charge in [0.2, 0.25) is 11.1 Å². The quantitative estimate of drug-likeness (QED) is 0.208. The molecule has 3 aromatic carbocycles. The zero-order chi connectivity index (χ0) is 32.8. The first-order chi connectivity index (χ1) is 22.9. The molecule has 0 radical (unpaired) electrons. The predicted molar refractivity (Wildman–Crippen MR) is 176 cm³/mol. The van der Waals surface area contributed by atoms with Crippen molar-refractivity contribution >= 4 is 35.2 Å². The van der Waals surface area contributed by atoms with Crippen LogP contribution in [0.4, 0.5) is 16.0 Å². The first kappa shape index (κ1) is 32.1. The Morgan fingerprint density at radius 1 is 1.04 bits per heavy atom. The van der Waals surface area contributed by atoms with Crippen molar-refractivity contribution in [2.24, 2.45) is 0 Å². The molecule has 0 saturated carbocycles. The molecule has 1 unspecified atom stereocenters. The maximum atomic E-state index is 14.3. The van der Waals surface area contributed by atoms with Crippen molar-refractivity contribution in [3.8, 4) is 11.5 Å². The van der Waals surface area contributed by atoms with Crippen LogP contribution in [-0.2, 0) is 20.1 Å². The van der Waals surface area contributed by atoms with Gasteiger partial charge in [-0.15, -0.1) is 5.10 Å². The number of para-hydroxylation sites is 2. The summed E-state index contributed by atoms with van der Waals surface area (Å²) in [6.07, 6.45) is 0. The van der Waals surface area contributed by atoms with Crippen LogP contribution in [0.3, 0.4) is 0 Å². The Kier molecular flexibility index (Phi) is 10.0. The molecule has 1 saturated heterocycles. The first-order valence-corrected chi connectivity index (χ1v) is 16.3. The van der Waals surface area contributed by atoms with Gasteiger partial charge in [-0.3, -0.25) is 9.59 Å². The number of morpholine rings is 1. The number of nitrogens with zero attached hydrogens (tertiary/aromatic N) is 4. The number of ether oxygens (including phenoxy) is 3. The van der Waals surface area contributed by atoms with E-state index in [1.165, 1.54) is 17.8 Å². The maximum absolute atomic E-state index is 14.3. The van der Waals surface area contributed by atoms with Gasteiger partial charge in [-0.25, -0.2) is 9.07 Å². The molecule has 11 nitrogen and oxygen atoms in total. The summed E-state index contributed by atoms with van der Waals surface area (Å²) in [6, 6.07) is 20.4. The predicted octanol–water partition coefficient (Wildman–Crippen LogP) is 5.27. The molecule has 2 aliphatic rings. The van der Waals surface area contributed by atoms with E-state index in [2.05, 4.69) is 15.6 Å². The van der Waals surface area contributed by atoms with Crippen LogP contribution >= 0.6 is 11.8 Å². The highest BCUT2D eigenvalue weighted by Crippen LogP contribution is 2.38. The van der Waals surface area contributed by atoms with Crippen LogP contribution in [0.1, 0.15) is 31.0 Å². The third-order valence-electron chi connectivity index (χ3n) is 7.75. The van der Waals surface area contributed by atoms with E-state index in [0.29, 0.717) is 83.8 Å². The van der Waals surface area contributed by atoms with E-state index in [-0.39, 0.29) is 24.2 Å². The van der Waals surface area contributed by atoms with Crippen molar-refractivity contribution < 1.29 is 28.2 Å². The second-order valence-corrected chi connectivity index (χ2v) is 11.8. The van der Waals surface area contributed by atoms with Crippen LogP contribution in [-0.4, -0.2) is 71.0 Å². The van der Waals surface area contributed by atoms with Crippen LogP contribution in [0.2, 0.25) is 0 Å². The van der Waals surface area contributed by atoms with E-state index in [1.54, 1.807) is 52.0 Å². The fourth-order valence-electron chi connectivity index (χ4n) is 5.39. The number of hydrogen-bond donors (Lipinski definition) is 2. The van der Waals surface area contributed by atoms with Gasteiger partial charge in [-0.05, 0) is 55.3 Å². The van der Waals surface area contributed by atoms with Crippen LogP contribution in [0.15, 0.2) is 89.2 Å². The van der Waals surface area contributed by atoms with Gasteiger partial charge in [-0.2, -0.15) is 4.98 Å². The molecule has 0 spiro atoms. The van der Waals surface area contributed by atoms with Crippen molar-refractivity contribution in [2.75, 3.05) is 50.2 Å². The lowest BCUT2D eigenvalue weighted by Crippen LogP contribution is -2.42. The van der Waals surface area contributed by atoms with E-state index >= 15 is 0 Å². The standard InChI is InChI=1S/C34H35FN6O5S/c1-3-45-28-11-7-6-10-27(28)37-32(43)30-22(2)36-33-38-34(47-21-24-8-4-5-9-26(24)35)39-41(33)31(30)23-12-14-25(15-13-23)46-20-29(42)40-16-18-44-19-17-40/h4-15,31H,3,16-21H2,1-2H3,(H,37,43)(H,36,38,39). The number of aromatic nitrogens is 3. The molecule has 2 aliphatic heterocycles. The van der Waals surface area contributed by atoms with E-state index in [0.717, 1.165) is 5.56 Å². The Morgan fingerprint density at radius 3 is 2.55 bits per heavy atom. The zero-order valence-electron chi connectivity index (χ0n) is 26.1. The molecule has 1 fully saturated rings. The van der Waals surface area contributed by atoms with Gasteiger partial charge in [-0.1, -0.05) is 54.2 Å². The molecule has 244 valence electrons. The molecule has 1 aromatic heterocycles. The van der Waals surface area contributed by atoms with E-state index in [4.69, 9.17) is 19.3 Å². The van der Waals surface area contributed by atoms with Crippen LogP contribution in [0.5, 0.6) is 11.5 Å². The van der Waals surface area contributed by atoms with Gasteiger partial charge in [0.05, 0.1) is 31.1 Å². The lowest BCUT2D eigenvalue weighted by atomic mass is 9.95. The fraction of sp³-hybridized carbons (Fsp3) is 0.294. The summed E-state index contributed by atoms with van der Waals surface area (Å²) >= 11 is 1.30. The Balaban J connectivity index is 1.27. The maximum Gasteiger partial charge on any atom is 0.260 e. The van der Waals surface area contributed by atoms with E-state index < -0.39 is 6.04 Å². The molecule has 47 heavy (non-hydrogen) atoms. The van der Waals surface area contributed by atoms with Crippen LogP contribution in [0, 0.1) is 5.82 Å². The van der Waals surface area contributed by atoms with Crippen molar-refractivity contribution in [3.05, 3.63) is 101 Å². The minimum absolute atomic E-state index is 0.0889. The number of halogens is 1. The third-order valence-corrected chi connectivity index (χ3v) is 8.64. The molecule has 0 bridgehead atoms. The summed E-state index contributed by atoms with van der Waals surface area (Å²) < 4.78 is 32.8. The molecule has 2 amide bonds. The highest BCUT2D eigenvalue weighted by molar-refractivity contribution is 7.98. The number of allylic oxidation sites excluding steroid dienone is 1. The number of benzene rings is 3. The second-order valence-electron chi connectivity index (χ2n) is 10.8. The molecule has 6 rings (SSSR count). The van der Waals surface area contributed by atoms with E-state index in [1.807, 2.05) is 38.1 Å². The summed E-state index contributed by atoms with van der Waals surface area (Å²) in [6.45, 7) is 6.18. The highest BCUT2D eigenvalue weighted by atomic mass is 32.2. The Hall–Kier alpha value is -4.88. The minimum atomic E-state index is -0.662. The third kappa shape index (κ3) is 7.42. The van der Waals surface area contributed by atoms with Crippen LogP contribution in [0.25, 0.3) is 0 Å². The molecule has 13 heteroatoms. The highest BCUT2D eigenvalue weighted by Gasteiger charge is 2.35. The Bertz CT molecular complexity index is 1770. The van der Waals surface area contributed by atoms with E-state index in [9.17, 15) is 14.0 Å². The van der Waals surface area contributed by atoms with Crippen LogP contribution < -0.4 is 20.1 Å². The second kappa shape index (κ2) is 14.7. The number of hydrogen-bond acceptors (Lipinski definition) is 9. The normalized spacial score (nSPS) is 15.9. The molecule has 4 aromatic rings. The molecule has 2 N–H and O–H groups in total. The largest absolute Gasteiger partial charge is 0.492 e. The average Bonchev–Trinajstić information content (AvgIpc) is 3.50. The number of anilines is 2. The summed E-state index contributed by atoms with van der Waals surface area (Å²) in [5.41, 5.74) is 2.86.